The van der Waals surface area contributed by atoms with E-state index in [0.29, 0.717) is 19.3 Å². The van der Waals surface area contributed by atoms with Crippen molar-refractivity contribution in [3.8, 4) is 0 Å². The zero-order chi connectivity index (χ0) is 11.1. The third kappa shape index (κ3) is 6.47. The van der Waals surface area contributed by atoms with Gasteiger partial charge in [-0.3, -0.25) is 4.79 Å². The monoisotopic (exact) mass is 216 g/mol. The first-order chi connectivity index (χ1) is 7.20. The van der Waals surface area contributed by atoms with Crippen molar-refractivity contribution in [1.82, 2.24) is 0 Å². The number of carbonyl (C=O) groups excluding carboxylic acids is 1. The van der Waals surface area contributed by atoms with Gasteiger partial charge >= 0.3 is 5.97 Å². The lowest BCUT2D eigenvalue weighted by molar-refractivity contribution is -0.147. The van der Waals surface area contributed by atoms with E-state index in [4.69, 9.17) is 14.2 Å². The Balaban J connectivity index is 1.77. The highest BCUT2D eigenvalue weighted by atomic mass is 16.6. The van der Waals surface area contributed by atoms with Crippen LogP contribution in [0.5, 0.6) is 0 Å². The van der Waals surface area contributed by atoms with Crippen molar-refractivity contribution >= 4 is 5.97 Å². The van der Waals surface area contributed by atoms with Crippen LogP contribution in [0.15, 0.2) is 0 Å². The van der Waals surface area contributed by atoms with Crippen molar-refractivity contribution in [3.63, 3.8) is 0 Å². The van der Waals surface area contributed by atoms with E-state index in [1.54, 1.807) is 0 Å². The van der Waals surface area contributed by atoms with E-state index < -0.39 is 0 Å². The molecule has 0 aromatic heterocycles. The molecule has 1 rings (SSSR count). The summed E-state index contributed by atoms with van der Waals surface area (Å²) in [5.74, 6) is -0.157. The van der Waals surface area contributed by atoms with Crippen molar-refractivity contribution < 1.29 is 19.0 Å². The van der Waals surface area contributed by atoms with Crippen LogP contribution in [0.4, 0.5) is 0 Å². The van der Waals surface area contributed by atoms with E-state index in [-0.39, 0.29) is 11.9 Å². The van der Waals surface area contributed by atoms with E-state index in [9.17, 15) is 4.79 Å². The summed E-state index contributed by atoms with van der Waals surface area (Å²) in [6.45, 7) is 6.43. The van der Waals surface area contributed by atoms with Gasteiger partial charge < -0.3 is 14.2 Å². The molecule has 0 N–H and O–H groups in total. The first-order valence-corrected chi connectivity index (χ1v) is 5.56. The number of epoxide rings is 1. The summed E-state index contributed by atoms with van der Waals surface area (Å²) in [6, 6.07) is 0. The Kier molecular flexibility index (Phi) is 5.65. The van der Waals surface area contributed by atoms with Gasteiger partial charge in [-0.15, -0.1) is 0 Å². The van der Waals surface area contributed by atoms with Gasteiger partial charge in [0.25, 0.3) is 0 Å². The SMILES string of the molecule is CC(C)C(=O)OCCCCOCC1CO1. The summed E-state index contributed by atoms with van der Waals surface area (Å²) in [6.07, 6.45) is 2.13. The summed E-state index contributed by atoms with van der Waals surface area (Å²) < 4.78 is 15.4. The molecule has 0 bridgehead atoms. The number of carbonyl (C=O) groups is 1. The maximum atomic E-state index is 11.1. The van der Waals surface area contributed by atoms with Gasteiger partial charge in [0.15, 0.2) is 0 Å². The summed E-state index contributed by atoms with van der Waals surface area (Å²) in [5.41, 5.74) is 0. The first-order valence-electron chi connectivity index (χ1n) is 5.56. The molecule has 0 amide bonds. The Morgan fingerprint density at radius 2 is 2.07 bits per heavy atom. The summed E-state index contributed by atoms with van der Waals surface area (Å²) in [5, 5.41) is 0. The quantitative estimate of drug-likeness (QED) is 0.349. The second-order valence-corrected chi connectivity index (χ2v) is 4.06. The zero-order valence-corrected chi connectivity index (χ0v) is 9.53. The Morgan fingerprint density at radius 1 is 1.40 bits per heavy atom. The highest BCUT2D eigenvalue weighted by Gasteiger charge is 2.21. The molecule has 0 aliphatic carbocycles. The lowest BCUT2D eigenvalue weighted by Crippen LogP contribution is -2.12. The van der Waals surface area contributed by atoms with Gasteiger partial charge in [-0.05, 0) is 12.8 Å². The fourth-order valence-corrected chi connectivity index (χ4v) is 1.02. The first kappa shape index (κ1) is 12.5. The van der Waals surface area contributed by atoms with Crippen LogP contribution in [0.25, 0.3) is 0 Å². The fraction of sp³-hybridized carbons (Fsp3) is 0.909. The lowest BCUT2D eigenvalue weighted by Gasteiger charge is -2.06. The van der Waals surface area contributed by atoms with Gasteiger partial charge in [-0.1, -0.05) is 13.8 Å². The van der Waals surface area contributed by atoms with E-state index in [2.05, 4.69) is 0 Å². The third-order valence-corrected chi connectivity index (χ3v) is 2.10. The minimum Gasteiger partial charge on any atom is -0.465 e. The van der Waals surface area contributed by atoms with Crippen molar-refractivity contribution in [2.45, 2.75) is 32.8 Å². The molecule has 0 aromatic carbocycles. The Morgan fingerprint density at radius 3 is 2.67 bits per heavy atom. The van der Waals surface area contributed by atoms with Crippen LogP contribution in [-0.2, 0) is 19.0 Å². The van der Waals surface area contributed by atoms with E-state index in [1.165, 1.54) is 0 Å². The zero-order valence-electron chi connectivity index (χ0n) is 9.53. The number of hydrogen-bond donors (Lipinski definition) is 0. The van der Waals surface area contributed by atoms with Crippen LogP contribution in [0.2, 0.25) is 0 Å². The van der Waals surface area contributed by atoms with Gasteiger partial charge in [-0.25, -0.2) is 0 Å². The van der Waals surface area contributed by atoms with Crippen molar-refractivity contribution in [2.75, 3.05) is 26.4 Å². The molecule has 15 heavy (non-hydrogen) atoms. The molecule has 1 unspecified atom stereocenters. The van der Waals surface area contributed by atoms with E-state index in [1.807, 2.05) is 13.8 Å². The average molecular weight is 216 g/mol. The molecule has 1 aliphatic rings. The summed E-state index contributed by atoms with van der Waals surface area (Å²) in [7, 11) is 0. The molecule has 0 aromatic rings. The Bertz CT molecular complexity index is 187. The Labute approximate surface area is 90.9 Å². The smallest absolute Gasteiger partial charge is 0.308 e. The van der Waals surface area contributed by atoms with E-state index in [0.717, 1.165) is 26.1 Å². The highest BCUT2D eigenvalue weighted by Crippen LogP contribution is 2.08. The fourth-order valence-electron chi connectivity index (χ4n) is 1.02. The third-order valence-electron chi connectivity index (χ3n) is 2.10. The van der Waals surface area contributed by atoms with Gasteiger partial charge in [0, 0.05) is 6.61 Å². The Hall–Kier alpha value is -0.610. The highest BCUT2D eigenvalue weighted by molar-refractivity contribution is 5.71. The molecule has 0 radical (unpaired) electrons. The topological polar surface area (TPSA) is 48.1 Å². The van der Waals surface area contributed by atoms with Crippen LogP contribution in [0.3, 0.4) is 0 Å². The van der Waals surface area contributed by atoms with Gasteiger partial charge in [0.2, 0.25) is 0 Å². The molecule has 1 saturated heterocycles. The average Bonchev–Trinajstić information content (AvgIpc) is 2.99. The van der Waals surface area contributed by atoms with E-state index >= 15 is 0 Å². The second-order valence-electron chi connectivity index (χ2n) is 4.06. The molecular formula is C11H20O4. The van der Waals surface area contributed by atoms with Gasteiger partial charge in [0.05, 0.1) is 25.7 Å². The molecule has 1 aliphatic heterocycles. The minimum absolute atomic E-state index is 0.0340. The minimum atomic E-state index is -0.123. The predicted octanol–water partition coefficient (Wildman–Crippen LogP) is 1.38. The van der Waals surface area contributed by atoms with Crippen LogP contribution in [0.1, 0.15) is 26.7 Å². The van der Waals surface area contributed by atoms with Crippen LogP contribution >= 0.6 is 0 Å². The maximum Gasteiger partial charge on any atom is 0.308 e. The van der Waals surface area contributed by atoms with Crippen LogP contribution in [-0.4, -0.2) is 38.5 Å². The standard InChI is InChI=1S/C11H20O4/c1-9(2)11(12)14-6-4-3-5-13-7-10-8-15-10/h9-10H,3-8H2,1-2H3. The van der Waals surface area contributed by atoms with Crippen molar-refractivity contribution in [2.24, 2.45) is 5.92 Å². The largest absolute Gasteiger partial charge is 0.465 e. The number of esters is 1. The predicted molar refractivity (Wildman–Crippen MR) is 55.6 cm³/mol. The second kappa shape index (κ2) is 6.80. The summed E-state index contributed by atoms with van der Waals surface area (Å²) >= 11 is 0. The van der Waals surface area contributed by atoms with Gasteiger partial charge in [-0.2, -0.15) is 0 Å². The van der Waals surface area contributed by atoms with Crippen LogP contribution < -0.4 is 0 Å². The molecule has 88 valence electrons. The molecule has 0 spiro atoms. The number of ether oxygens (including phenoxy) is 3. The maximum absolute atomic E-state index is 11.1. The number of rotatable bonds is 8. The molecule has 4 nitrogen and oxygen atoms in total. The summed E-state index contributed by atoms with van der Waals surface area (Å²) in [4.78, 5) is 11.1. The van der Waals surface area contributed by atoms with Crippen LogP contribution in [0, 0.1) is 5.92 Å². The molecule has 0 saturated carbocycles. The molecule has 1 atom stereocenters. The molecule has 1 heterocycles. The number of unbranched alkanes of at least 4 members (excludes halogenated alkanes) is 1. The van der Waals surface area contributed by atoms with Gasteiger partial charge in [0.1, 0.15) is 6.10 Å². The number of hydrogen-bond acceptors (Lipinski definition) is 4. The lowest BCUT2D eigenvalue weighted by atomic mass is 10.2. The molecule has 1 fully saturated rings. The van der Waals surface area contributed by atoms with Crippen molar-refractivity contribution in [1.29, 1.82) is 0 Å². The normalized spacial score (nSPS) is 19.3. The molecule has 4 heteroatoms. The van der Waals surface area contributed by atoms with Crippen molar-refractivity contribution in [3.05, 3.63) is 0 Å². The molecular weight excluding hydrogens is 196 g/mol.